The molecular weight excluding hydrogens is 526 g/mol. The minimum absolute atomic E-state index is 0.0193. The van der Waals surface area contributed by atoms with Gasteiger partial charge in [-0.3, -0.25) is 4.79 Å². The highest BCUT2D eigenvalue weighted by molar-refractivity contribution is 5.72. The summed E-state index contributed by atoms with van der Waals surface area (Å²) in [4.78, 5) is 10.9. The van der Waals surface area contributed by atoms with E-state index in [4.69, 9.17) is 14.6 Å². The van der Waals surface area contributed by atoms with Gasteiger partial charge in [-0.1, -0.05) is 25.1 Å². The van der Waals surface area contributed by atoms with Crippen LogP contribution in [0.15, 0.2) is 60.7 Å². The van der Waals surface area contributed by atoms with Gasteiger partial charge in [-0.15, -0.1) is 0 Å². The van der Waals surface area contributed by atoms with Gasteiger partial charge in [-0.05, 0) is 78.9 Å². The van der Waals surface area contributed by atoms with Crippen molar-refractivity contribution < 1.29 is 45.7 Å². The van der Waals surface area contributed by atoms with E-state index in [-0.39, 0.29) is 29.9 Å². The van der Waals surface area contributed by atoms with Gasteiger partial charge in [-0.25, -0.2) is 0 Å². The third kappa shape index (κ3) is 8.40. The Morgan fingerprint density at radius 3 is 2.23 bits per heavy atom. The van der Waals surface area contributed by atoms with Crippen LogP contribution < -0.4 is 9.47 Å². The summed E-state index contributed by atoms with van der Waals surface area (Å²) in [5.41, 5.74) is -0.249. The molecule has 210 valence electrons. The van der Waals surface area contributed by atoms with E-state index in [1.165, 1.54) is 6.07 Å². The summed E-state index contributed by atoms with van der Waals surface area (Å²) in [5, 5.41) is 8.91. The molecule has 0 amide bonds. The fourth-order valence-electron chi connectivity index (χ4n) is 4.02. The molecule has 0 aromatic heterocycles. The molecule has 39 heavy (non-hydrogen) atoms. The molecule has 0 heterocycles. The lowest BCUT2D eigenvalue weighted by Crippen LogP contribution is -2.17. The first-order valence-electron chi connectivity index (χ1n) is 12.3. The third-order valence-electron chi connectivity index (χ3n) is 6.10. The van der Waals surface area contributed by atoms with E-state index in [0.29, 0.717) is 25.0 Å². The molecule has 3 aromatic rings. The molecule has 1 atom stereocenters. The number of benzene rings is 3. The van der Waals surface area contributed by atoms with E-state index in [9.17, 15) is 31.1 Å². The number of hydrogen-bond donors (Lipinski definition) is 1. The maximum Gasteiger partial charge on any atom is 0.416 e. The monoisotopic (exact) mass is 554 g/mol. The molecule has 0 aliphatic heterocycles. The first kappa shape index (κ1) is 29.9. The highest BCUT2D eigenvalue weighted by Crippen LogP contribution is 2.39. The molecule has 0 saturated heterocycles. The summed E-state index contributed by atoms with van der Waals surface area (Å²) >= 11 is 0. The average molecular weight is 555 g/mol. The van der Waals surface area contributed by atoms with E-state index < -0.39 is 35.6 Å². The topological polar surface area (TPSA) is 55.8 Å². The normalized spacial score (nSPS) is 12.7. The van der Waals surface area contributed by atoms with Crippen molar-refractivity contribution >= 4 is 5.97 Å². The summed E-state index contributed by atoms with van der Waals surface area (Å²) in [6, 6.07) is 12.2. The van der Waals surface area contributed by atoms with E-state index in [2.05, 4.69) is 0 Å². The van der Waals surface area contributed by atoms with Crippen LogP contribution in [0.4, 0.5) is 26.3 Å². The fraction of sp³-hybridized carbons (Fsp3) is 0.345. The zero-order valence-corrected chi connectivity index (χ0v) is 21.3. The zero-order valence-electron chi connectivity index (χ0n) is 21.3. The molecule has 0 aliphatic carbocycles. The quantitative estimate of drug-likeness (QED) is 0.243. The summed E-state index contributed by atoms with van der Waals surface area (Å²) in [7, 11) is 0. The van der Waals surface area contributed by atoms with Crippen LogP contribution in [0, 0.1) is 0 Å². The second kappa shape index (κ2) is 12.4. The van der Waals surface area contributed by atoms with E-state index in [1.807, 2.05) is 19.1 Å². The van der Waals surface area contributed by atoms with Crippen molar-refractivity contribution in [2.45, 2.75) is 58.0 Å². The number of rotatable bonds is 11. The van der Waals surface area contributed by atoms with E-state index in [0.717, 1.165) is 47.5 Å². The summed E-state index contributed by atoms with van der Waals surface area (Å²) in [6.07, 6.45) is -8.42. The van der Waals surface area contributed by atoms with Crippen molar-refractivity contribution in [2.24, 2.45) is 0 Å². The number of aliphatic carboxylic acids is 1. The van der Waals surface area contributed by atoms with Gasteiger partial charge >= 0.3 is 18.3 Å². The van der Waals surface area contributed by atoms with Crippen LogP contribution in [-0.4, -0.2) is 23.8 Å². The largest absolute Gasteiger partial charge is 0.493 e. The highest BCUT2D eigenvalue weighted by Gasteiger charge is 2.33. The Hall–Kier alpha value is -3.69. The van der Waals surface area contributed by atoms with Crippen molar-refractivity contribution in [1.82, 2.24) is 0 Å². The zero-order chi connectivity index (χ0) is 28.8. The lowest BCUT2D eigenvalue weighted by molar-refractivity contribution is -0.138. The minimum atomic E-state index is -4.69. The number of halogens is 6. The predicted molar refractivity (Wildman–Crippen MR) is 134 cm³/mol. The third-order valence-corrected chi connectivity index (χ3v) is 6.10. The van der Waals surface area contributed by atoms with Crippen molar-refractivity contribution in [3.05, 3.63) is 82.9 Å². The van der Waals surface area contributed by atoms with Gasteiger partial charge < -0.3 is 14.6 Å². The van der Waals surface area contributed by atoms with Crippen LogP contribution in [0.2, 0.25) is 0 Å². The van der Waals surface area contributed by atoms with E-state index >= 15 is 0 Å². The van der Waals surface area contributed by atoms with Crippen molar-refractivity contribution in [1.29, 1.82) is 0 Å². The van der Waals surface area contributed by atoms with Crippen LogP contribution in [-0.2, 0) is 30.0 Å². The molecule has 3 rings (SSSR count). The maximum absolute atomic E-state index is 13.4. The standard InChI is InChI=1S/C29H28F6O4/c1-3-19-16-24(10-7-20(19)8-12-27(36)37)38-14-13-18(2)39-26-11-9-23(29(33,34)35)17-25(26)21-5-4-6-22(15-21)28(30,31)32/h4-7,9-11,15-18H,3,8,12-14H2,1-2H3,(H,36,37)/t18-/m1/s1. The Balaban J connectivity index is 1.74. The Morgan fingerprint density at radius 2 is 1.59 bits per heavy atom. The minimum Gasteiger partial charge on any atom is -0.493 e. The maximum atomic E-state index is 13.4. The molecule has 0 fully saturated rings. The molecule has 0 radical (unpaired) electrons. The fourth-order valence-corrected chi connectivity index (χ4v) is 4.02. The predicted octanol–water partition coefficient (Wildman–Crippen LogP) is 8.21. The van der Waals surface area contributed by atoms with Crippen LogP contribution >= 0.6 is 0 Å². The first-order chi connectivity index (χ1) is 18.3. The number of ether oxygens (including phenoxy) is 2. The lowest BCUT2D eigenvalue weighted by Gasteiger charge is -2.20. The summed E-state index contributed by atoms with van der Waals surface area (Å²) < 4.78 is 91.5. The summed E-state index contributed by atoms with van der Waals surface area (Å²) in [5.74, 6) is -0.279. The van der Waals surface area contributed by atoms with Crippen LogP contribution in [0.1, 0.15) is 48.9 Å². The molecule has 0 aliphatic rings. The number of aryl methyl sites for hydroxylation is 2. The Labute approximate surface area is 222 Å². The number of carbonyl (C=O) groups is 1. The number of hydrogen-bond acceptors (Lipinski definition) is 3. The first-order valence-corrected chi connectivity index (χ1v) is 12.3. The number of alkyl halides is 6. The average Bonchev–Trinajstić information content (AvgIpc) is 2.86. The van der Waals surface area contributed by atoms with Crippen LogP contribution in [0.5, 0.6) is 11.5 Å². The molecule has 0 saturated carbocycles. The molecule has 0 spiro atoms. The molecule has 1 N–H and O–H groups in total. The van der Waals surface area contributed by atoms with Crippen molar-refractivity contribution in [3.8, 4) is 22.6 Å². The molecule has 0 bridgehead atoms. The van der Waals surface area contributed by atoms with Gasteiger partial charge in [0.2, 0.25) is 0 Å². The van der Waals surface area contributed by atoms with Crippen LogP contribution in [0.3, 0.4) is 0 Å². The molecule has 10 heteroatoms. The Bertz CT molecular complexity index is 1280. The second-order valence-corrected chi connectivity index (χ2v) is 9.03. The van der Waals surface area contributed by atoms with Gasteiger partial charge in [0.05, 0.1) is 23.8 Å². The number of carboxylic acids is 1. The SMILES string of the molecule is CCc1cc(OCC[C@@H](C)Oc2ccc(C(F)(F)F)cc2-c2cccc(C(F)(F)F)c2)ccc1CCC(=O)O. The van der Waals surface area contributed by atoms with Crippen molar-refractivity contribution in [3.63, 3.8) is 0 Å². The highest BCUT2D eigenvalue weighted by atomic mass is 19.4. The smallest absolute Gasteiger partial charge is 0.416 e. The lowest BCUT2D eigenvalue weighted by atomic mass is 9.99. The molecule has 3 aromatic carbocycles. The van der Waals surface area contributed by atoms with Gasteiger partial charge in [0, 0.05) is 18.4 Å². The van der Waals surface area contributed by atoms with Gasteiger partial charge in [0.15, 0.2) is 0 Å². The molecule has 4 nitrogen and oxygen atoms in total. The molecule has 0 unspecified atom stereocenters. The molecular formula is C29H28F6O4. The Morgan fingerprint density at radius 1 is 0.897 bits per heavy atom. The van der Waals surface area contributed by atoms with Gasteiger partial charge in [0.25, 0.3) is 0 Å². The second-order valence-electron chi connectivity index (χ2n) is 9.03. The van der Waals surface area contributed by atoms with Gasteiger partial charge in [0.1, 0.15) is 11.5 Å². The van der Waals surface area contributed by atoms with Gasteiger partial charge in [-0.2, -0.15) is 26.3 Å². The summed E-state index contributed by atoms with van der Waals surface area (Å²) in [6.45, 7) is 3.84. The number of carboxylic acid groups (broad SMARTS) is 1. The van der Waals surface area contributed by atoms with Crippen LogP contribution in [0.25, 0.3) is 11.1 Å². The Kier molecular flexibility index (Phi) is 9.53. The van der Waals surface area contributed by atoms with Crippen molar-refractivity contribution in [2.75, 3.05) is 6.61 Å². The van der Waals surface area contributed by atoms with E-state index in [1.54, 1.807) is 13.0 Å².